The van der Waals surface area contributed by atoms with Crippen LogP contribution in [-0.2, 0) is 6.54 Å². The summed E-state index contributed by atoms with van der Waals surface area (Å²) in [5.41, 5.74) is 0.916. The lowest BCUT2D eigenvalue weighted by molar-refractivity contribution is 0.193. The van der Waals surface area contributed by atoms with Gasteiger partial charge in [0, 0.05) is 36.3 Å². The summed E-state index contributed by atoms with van der Waals surface area (Å²) in [4.78, 5) is 4.78. The number of likely N-dealkylation sites (N-methyl/N-ethyl adjacent to an activating group) is 1. The Morgan fingerprint density at radius 1 is 1.39 bits per heavy atom. The molecular weight excluding hydrogens is 248 g/mol. The average Bonchev–Trinajstić information content (AvgIpc) is 2.46. The van der Waals surface area contributed by atoms with Gasteiger partial charge in [-0.2, -0.15) is 0 Å². The van der Waals surface area contributed by atoms with Gasteiger partial charge in [-0.3, -0.25) is 4.90 Å². The molecule has 1 aromatic carbocycles. The number of aromatic hydroxyl groups is 1. The van der Waals surface area contributed by atoms with Gasteiger partial charge in [0.2, 0.25) is 0 Å². The third-order valence-electron chi connectivity index (χ3n) is 3.60. The van der Waals surface area contributed by atoms with E-state index in [9.17, 15) is 5.11 Å². The summed E-state index contributed by atoms with van der Waals surface area (Å²) in [6.45, 7) is 6.28. The van der Waals surface area contributed by atoms with Crippen molar-refractivity contribution in [2.45, 2.75) is 25.9 Å². The van der Waals surface area contributed by atoms with E-state index in [0.29, 0.717) is 16.8 Å². The van der Waals surface area contributed by atoms with E-state index in [4.69, 9.17) is 11.6 Å². The van der Waals surface area contributed by atoms with Gasteiger partial charge in [-0.15, -0.1) is 0 Å². The number of hydrogen-bond acceptors (Lipinski definition) is 3. The fourth-order valence-electron chi connectivity index (χ4n) is 2.56. The SMILES string of the molecule is CC1CN(C)CCCN1Cc1cc(Cl)ccc1O. The zero-order chi connectivity index (χ0) is 13.1. The van der Waals surface area contributed by atoms with Gasteiger partial charge in [0.1, 0.15) is 5.75 Å². The van der Waals surface area contributed by atoms with Crippen molar-refractivity contribution < 1.29 is 5.11 Å². The van der Waals surface area contributed by atoms with E-state index in [1.807, 2.05) is 6.07 Å². The number of phenolic OH excluding ortho intramolecular Hbond substituents is 1. The van der Waals surface area contributed by atoms with Crippen molar-refractivity contribution in [1.82, 2.24) is 9.80 Å². The molecule has 3 nitrogen and oxygen atoms in total. The van der Waals surface area contributed by atoms with Crippen LogP contribution in [0.5, 0.6) is 5.75 Å². The Bertz CT molecular complexity index is 411. The molecule has 1 fully saturated rings. The van der Waals surface area contributed by atoms with Crippen LogP contribution in [0.3, 0.4) is 0 Å². The minimum absolute atomic E-state index is 0.337. The van der Waals surface area contributed by atoms with E-state index in [-0.39, 0.29) is 0 Å². The molecule has 4 heteroatoms. The van der Waals surface area contributed by atoms with Crippen molar-refractivity contribution in [3.05, 3.63) is 28.8 Å². The van der Waals surface area contributed by atoms with Gasteiger partial charge in [0.25, 0.3) is 0 Å². The maximum Gasteiger partial charge on any atom is 0.120 e. The van der Waals surface area contributed by atoms with E-state index in [0.717, 1.165) is 31.7 Å². The van der Waals surface area contributed by atoms with Crippen molar-refractivity contribution in [2.24, 2.45) is 0 Å². The first-order valence-corrected chi connectivity index (χ1v) is 6.84. The third kappa shape index (κ3) is 3.37. The van der Waals surface area contributed by atoms with E-state index in [1.54, 1.807) is 12.1 Å². The molecule has 1 aliphatic rings. The second-order valence-corrected chi connectivity index (χ2v) is 5.64. The van der Waals surface area contributed by atoms with E-state index in [1.165, 1.54) is 6.42 Å². The first-order valence-electron chi connectivity index (χ1n) is 6.46. The molecule has 2 rings (SSSR count). The van der Waals surface area contributed by atoms with Crippen molar-refractivity contribution in [3.63, 3.8) is 0 Å². The van der Waals surface area contributed by atoms with Gasteiger partial charge in [-0.25, -0.2) is 0 Å². The second-order valence-electron chi connectivity index (χ2n) is 5.21. The standard InChI is InChI=1S/C14H21ClN2O/c1-11-9-16(2)6-3-7-17(11)10-12-8-13(15)4-5-14(12)18/h4-5,8,11,18H,3,6-7,9-10H2,1-2H3. The van der Waals surface area contributed by atoms with Crippen molar-refractivity contribution in [3.8, 4) is 5.75 Å². The van der Waals surface area contributed by atoms with Gasteiger partial charge < -0.3 is 10.0 Å². The molecule has 1 heterocycles. The highest BCUT2D eigenvalue weighted by Crippen LogP contribution is 2.24. The molecule has 1 saturated heterocycles. The molecule has 1 N–H and O–H groups in total. The Morgan fingerprint density at radius 2 is 2.17 bits per heavy atom. The first-order chi connectivity index (χ1) is 8.56. The summed E-state index contributed by atoms with van der Waals surface area (Å²) in [5, 5.41) is 10.6. The lowest BCUT2D eigenvalue weighted by atomic mass is 10.1. The average molecular weight is 269 g/mol. The Labute approximate surface area is 114 Å². The molecule has 0 bridgehead atoms. The highest BCUT2D eigenvalue weighted by molar-refractivity contribution is 6.30. The van der Waals surface area contributed by atoms with Crippen LogP contribution in [-0.4, -0.2) is 47.6 Å². The summed E-state index contributed by atoms with van der Waals surface area (Å²) in [6, 6.07) is 5.75. The van der Waals surface area contributed by atoms with Crippen LogP contribution in [0.15, 0.2) is 18.2 Å². The minimum Gasteiger partial charge on any atom is -0.508 e. The van der Waals surface area contributed by atoms with Gasteiger partial charge in [-0.05, 0) is 45.1 Å². The zero-order valence-corrected chi connectivity index (χ0v) is 11.8. The quantitative estimate of drug-likeness (QED) is 0.893. The summed E-state index contributed by atoms with van der Waals surface area (Å²) in [5.74, 6) is 0.337. The van der Waals surface area contributed by atoms with E-state index >= 15 is 0 Å². The van der Waals surface area contributed by atoms with E-state index in [2.05, 4.69) is 23.8 Å². The summed E-state index contributed by atoms with van der Waals surface area (Å²) < 4.78 is 0. The fourth-order valence-corrected chi connectivity index (χ4v) is 2.75. The lowest BCUT2D eigenvalue weighted by Gasteiger charge is -2.28. The van der Waals surface area contributed by atoms with Gasteiger partial charge in [0.05, 0.1) is 0 Å². The maximum absolute atomic E-state index is 9.88. The lowest BCUT2D eigenvalue weighted by Crippen LogP contribution is -2.37. The van der Waals surface area contributed by atoms with Gasteiger partial charge in [-0.1, -0.05) is 11.6 Å². The van der Waals surface area contributed by atoms with Crippen molar-refractivity contribution in [2.75, 3.05) is 26.7 Å². The number of nitrogens with zero attached hydrogens (tertiary/aromatic N) is 2. The van der Waals surface area contributed by atoms with Crippen molar-refractivity contribution >= 4 is 11.6 Å². The third-order valence-corrected chi connectivity index (χ3v) is 3.83. The summed E-state index contributed by atoms with van der Waals surface area (Å²) >= 11 is 5.99. The Morgan fingerprint density at radius 3 is 2.94 bits per heavy atom. The molecule has 1 unspecified atom stereocenters. The Kier molecular flexibility index (Phi) is 4.49. The summed E-state index contributed by atoms with van der Waals surface area (Å²) in [7, 11) is 2.16. The molecule has 18 heavy (non-hydrogen) atoms. The van der Waals surface area contributed by atoms with Crippen LogP contribution in [0.25, 0.3) is 0 Å². The number of halogens is 1. The fraction of sp³-hybridized carbons (Fsp3) is 0.571. The monoisotopic (exact) mass is 268 g/mol. The molecule has 100 valence electrons. The molecule has 0 amide bonds. The molecule has 0 aliphatic carbocycles. The molecule has 0 saturated carbocycles. The number of benzene rings is 1. The molecule has 0 aromatic heterocycles. The van der Waals surface area contributed by atoms with Gasteiger partial charge >= 0.3 is 0 Å². The zero-order valence-electron chi connectivity index (χ0n) is 11.1. The number of rotatable bonds is 2. The number of phenols is 1. The highest BCUT2D eigenvalue weighted by atomic mass is 35.5. The molecule has 0 radical (unpaired) electrons. The van der Waals surface area contributed by atoms with Crippen LogP contribution in [0.4, 0.5) is 0 Å². The van der Waals surface area contributed by atoms with Crippen LogP contribution in [0, 0.1) is 0 Å². The van der Waals surface area contributed by atoms with Gasteiger partial charge in [0.15, 0.2) is 0 Å². The maximum atomic E-state index is 9.88. The Balaban J connectivity index is 2.09. The van der Waals surface area contributed by atoms with Crippen LogP contribution < -0.4 is 0 Å². The largest absolute Gasteiger partial charge is 0.508 e. The number of hydrogen-bond donors (Lipinski definition) is 1. The first kappa shape index (κ1) is 13.7. The summed E-state index contributed by atoms with van der Waals surface area (Å²) in [6.07, 6.45) is 1.17. The van der Waals surface area contributed by atoms with Crippen LogP contribution in [0.2, 0.25) is 5.02 Å². The van der Waals surface area contributed by atoms with E-state index < -0.39 is 0 Å². The molecule has 1 aromatic rings. The van der Waals surface area contributed by atoms with Crippen molar-refractivity contribution in [1.29, 1.82) is 0 Å². The predicted molar refractivity (Wildman–Crippen MR) is 75.1 cm³/mol. The second kappa shape index (κ2) is 5.91. The van der Waals surface area contributed by atoms with Crippen LogP contribution >= 0.6 is 11.6 Å². The van der Waals surface area contributed by atoms with Crippen LogP contribution in [0.1, 0.15) is 18.9 Å². The normalized spacial score (nSPS) is 22.9. The smallest absolute Gasteiger partial charge is 0.120 e. The topological polar surface area (TPSA) is 26.7 Å². The minimum atomic E-state index is 0.337. The molecular formula is C14H21ClN2O. The molecule has 0 spiro atoms. The molecule has 1 atom stereocenters. The molecule has 1 aliphatic heterocycles. The Hall–Kier alpha value is -0.770. The highest BCUT2D eigenvalue weighted by Gasteiger charge is 2.20. The predicted octanol–water partition coefficient (Wildman–Crippen LogP) is 2.57.